The van der Waals surface area contributed by atoms with Crippen molar-refractivity contribution in [3.63, 3.8) is 0 Å². The van der Waals surface area contributed by atoms with Crippen LogP contribution in [0, 0.1) is 0 Å². The van der Waals surface area contributed by atoms with Crippen molar-refractivity contribution >= 4 is 0 Å². The molecule has 0 aromatic heterocycles. The standard InChI is InChI=1S/C6H13NO5/c7-3-5(10)4(9)2(1-8)12-6(3)11/h2-6,8-11H,1,7H2/t2-,3-,4-,5-,6?/m1/s1/i1+1,2+1,3+1,4+1,5+1,6+1. The van der Waals surface area contributed by atoms with Gasteiger partial charge in [0.05, 0.1) is 12.6 Å². The van der Waals surface area contributed by atoms with E-state index in [1.165, 1.54) is 0 Å². The lowest BCUT2D eigenvalue weighted by molar-refractivity contribution is -0.248. The van der Waals surface area contributed by atoms with Gasteiger partial charge in [-0.1, -0.05) is 0 Å². The van der Waals surface area contributed by atoms with Crippen molar-refractivity contribution in [2.75, 3.05) is 6.61 Å². The maximum atomic E-state index is 9.20. The van der Waals surface area contributed by atoms with Crippen LogP contribution in [-0.4, -0.2) is 57.7 Å². The molecule has 0 saturated carbocycles. The predicted molar refractivity (Wildman–Crippen MR) is 38.0 cm³/mol. The highest BCUT2D eigenvalue weighted by atomic mass is 16.8. The molecule has 0 aromatic carbocycles. The highest BCUT2D eigenvalue weighted by molar-refractivity contribution is 4.90. The van der Waals surface area contributed by atoms with Gasteiger partial charge in [-0.05, 0) is 0 Å². The van der Waals surface area contributed by atoms with Crippen molar-refractivity contribution in [3.8, 4) is 0 Å². The number of hydrogen-bond acceptors (Lipinski definition) is 6. The van der Waals surface area contributed by atoms with E-state index in [0.29, 0.717) is 0 Å². The molecule has 0 aromatic rings. The van der Waals surface area contributed by atoms with Crippen LogP contribution in [0.2, 0.25) is 0 Å². The Morgan fingerprint density at radius 1 is 1.17 bits per heavy atom. The molecule has 1 fully saturated rings. The summed E-state index contributed by atoms with van der Waals surface area (Å²) in [6.07, 6.45) is -4.85. The Kier molecular flexibility index (Phi) is 2.99. The molecule has 0 spiro atoms. The van der Waals surface area contributed by atoms with Crippen LogP contribution in [0.25, 0.3) is 0 Å². The molecule has 5 atom stereocenters. The third-order valence-electron chi connectivity index (χ3n) is 1.95. The molecule has 72 valence electrons. The molecular formula is C6H13NO5. The van der Waals surface area contributed by atoms with Gasteiger partial charge >= 0.3 is 0 Å². The minimum Gasteiger partial charge on any atom is -0.394 e. The van der Waals surface area contributed by atoms with Gasteiger partial charge in [0.15, 0.2) is 6.29 Å². The quantitative estimate of drug-likeness (QED) is 0.274. The van der Waals surface area contributed by atoms with E-state index in [2.05, 4.69) is 0 Å². The van der Waals surface area contributed by atoms with Crippen molar-refractivity contribution < 1.29 is 25.2 Å². The number of ether oxygens (including phenoxy) is 1. The Morgan fingerprint density at radius 3 is 2.25 bits per heavy atom. The molecule has 0 radical (unpaired) electrons. The van der Waals surface area contributed by atoms with Crippen molar-refractivity contribution in [3.05, 3.63) is 0 Å². The summed E-state index contributed by atoms with van der Waals surface area (Å²) in [7, 11) is 0. The summed E-state index contributed by atoms with van der Waals surface area (Å²) in [6, 6.07) is -1.04. The zero-order chi connectivity index (χ0) is 9.30. The second kappa shape index (κ2) is 3.65. The van der Waals surface area contributed by atoms with Crippen LogP contribution in [-0.2, 0) is 4.74 Å². The SMILES string of the molecule is N[13C@H]1[13CH](O)O[13C@H]([13CH2]O)[13C@@H](O)[13C@@H]1O. The van der Waals surface area contributed by atoms with Gasteiger partial charge in [0, 0.05) is 0 Å². The lowest BCUT2D eigenvalue weighted by Crippen LogP contribution is -2.61. The summed E-state index contributed by atoms with van der Waals surface area (Å²) in [5.74, 6) is 0. The van der Waals surface area contributed by atoms with Crippen LogP contribution >= 0.6 is 0 Å². The van der Waals surface area contributed by atoms with Crippen LogP contribution in [0.5, 0.6) is 0 Å². The van der Waals surface area contributed by atoms with Crippen LogP contribution in [0.1, 0.15) is 0 Å². The van der Waals surface area contributed by atoms with E-state index >= 15 is 0 Å². The number of rotatable bonds is 1. The molecule has 1 rings (SSSR count). The summed E-state index contributed by atoms with van der Waals surface area (Å²) >= 11 is 0. The third kappa shape index (κ3) is 1.58. The van der Waals surface area contributed by atoms with Crippen LogP contribution in [0.15, 0.2) is 0 Å². The number of nitrogens with two attached hydrogens (primary N) is 1. The monoisotopic (exact) mass is 185 g/mol. The van der Waals surface area contributed by atoms with E-state index in [1.807, 2.05) is 0 Å². The molecule has 6 heteroatoms. The summed E-state index contributed by atoms with van der Waals surface area (Å²) in [5, 5.41) is 36.1. The molecule has 1 aliphatic rings. The van der Waals surface area contributed by atoms with E-state index < -0.39 is 37.3 Å². The minimum atomic E-state index is -1.35. The van der Waals surface area contributed by atoms with E-state index in [0.717, 1.165) is 0 Å². The molecule has 1 saturated heterocycles. The van der Waals surface area contributed by atoms with E-state index in [-0.39, 0.29) is 0 Å². The fraction of sp³-hybridized carbons (Fsp3) is 1.00. The van der Waals surface area contributed by atoms with Gasteiger partial charge in [-0.3, -0.25) is 0 Å². The molecule has 0 amide bonds. The average molecular weight is 185 g/mol. The van der Waals surface area contributed by atoms with Gasteiger partial charge in [-0.25, -0.2) is 0 Å². The van der Waals surface area contributed by atoms with E-state index in [9.17, 15) is 10.2 Å². The summed E-state index contributed by atoms with van der Waals surface area (Å²) in [6.45, 7) is -0.470. The summed E-state index contributed by atoms with van der Waals surface area (Å²) < 4.78 is 4.70. The van der Waals surface area contributed by atoms with Gasteiger partial charge in [-0.2, -0.15) is 0 Å². The first-order valence-corrected chi connectivity index (χ1v) is 3.64. The molecule has 12 heavy (non-hydrogen) atoms. The topological polar surface area (TPSA) is 116 Å². The van der Waals surface area contributed by atoms with Crippen molar-refractivity contribution in [1.29, 1.82) is 0 Å². The first kappa shape index (κ1) is 9.85. The Balaban J connectivity index is 2.63. The first-order chi connectivity index (χ1) is 5.57. The molecule has 1 unspecified atom stereocenters. The Bertz CT molecular complexity index is 150. The number of hydrogen-bond donors (Lipinski definition) is 5. The zero-order valence-corrected chi connectivity index (χ0v) is 6.37. The fourth-order valence-corrected chi connectivity index (χ4v) is 1.12. The maximum absolute atomic E-state index is 9.20. The van der Waals surface area contributed by atoms with Crippen LogP contribution in [0.3, 0.4) is 0 Å². The summed E-state index contributed by atoms with van der Waals surface area (Å²) in [5.41, 5.74) is 5.26. The second-order valence-electron chi connectivity index (χ2n) is 2.81. The van der Waals surface area contributed by atoms with Gasteiger partial charge < -0.3 is 30.9 Å². The molecule has 6 N–H and O–H groups in total. The predicted octanol–water partition coefficient (Wildman–Crippen LogP) is -3.25. The van der Waals surface area contributed by atoms with Gasteiger partial charge in [0.25, 0.3) is 0 Å². The Labute approximate surface area is 69.2 Å². The average Bonchev–Trinajstić information content (AvgIpc) is 2.08. The van der Waals surface area contributed by atoms with Gasteiger partial charge in [0.2, 0.25) is 0 Å². The first-order valence-electron chi connectivity index (χ1n) is 3.64. The fourth-order valence-electron chi connectivity index (χ4n) is 1.12. The number of aliphatic hydroxyl groups is 4. The normalized spacial score (nSPS) is 49.2. The smallest absolute Gasteiger partial charge is 0.173 e. The maximum Gasteiger partial charge on any atom is 0.173 e. The third-order valence-corrected chi connectivity index (χ3v) is 1.95. The van der Waals surface area contributed by atoms with E-state index in [1.54, 1.807) is 0 Å². The molecule has 1 aliphatic heterocycles. The van der Waals surface area contributed by atoms with Crippen LogP contribution < -0.4 is 5.73 Å². The molecule has 0 aliphatic carbocycles. The van der Waals surface area contributed by atoms with Crippen molar-refractivity contribution in [1.82, 2.24) is 0 Å². The van der Waals surface area contributed by atoms with E-state index in [4.69, 9.17) is 20.7 Å². The second-order valence-corrected chi connectivity index (χ2v) is 2.81. The minimum absolute atomic E-state index is 0.470. The van der Waals surface area contributed by atoms with Crippen molar-refractivity contribution in [2.24, 2.45) is 5.73 Å². The lowest BCUT2D eigenvalue weighted by Gasteiger charge is -2.38. The highest BCUT2D eigenvalue weighted by Crippen LogP contribution is 2.17. The van der Waals surface area contributed by atoms with Gasteiger partial charge in [-0.15, -0.1) is 0 Å². The Morgan fingerprint density at radius 2 is 1.75 bits per heavy atom. The van der Waals surface area contributed by atoms with Crippen LogP contribution in [0.4, 0.5) is 0 Å². The van der Waals surface area contributed by atoms with Gasteiger partial charge in [0.1, 0.15) is 18.3 Å². The molecule has 6 nitrogen and oxygen atoms in total. The largest absolute Gasteiger partial charge is 0.394 e. The highest BCUT2D eigenvalue weighted by Gasteiger charge is 2.41. The molecule has 0 bridgehead atoms. The van der Waals surface area contributed by atoms with Crippen molar-refractivity contribution in [2.45, 2.75) is 30.6 Å². The number of aliphatic hydroxyl groups excluding tert-OH is 4. The zero-order valence-electron chi connectivity index (χ0n) is 6.37. The lowest BCUT2D eigenvalue weighted by atomic mass is 10.9. The Hall–Kier alpha value is -0.240. The summed E-state index contributed by atoms with van der Waals surface area (Å²) in [4.78, 5) is 0. The molecule has 1 heterocycles. The molecular weight excluding hydrogens is 172 g/mol.